The highest BCUT2D eigenvalue weighted by Gasteiger charge is 2.24. The average Bonchev–Trinajstić information content (AvgIpc) is 2.94. The molecule has 0 aliphatic carbocycles. The number of benzene rings is 1. The monoisotopic (exact) mass is 413 g/mol. The van der Waals surface area contributed by atoms with Gasteiger partial charge in [0.2, 0.25) is 0 Å². The molecule has 1 fully saturated rings. The van der Waals surface area contributed by atoms with Gasteiger partial charge in [0.25, 0.3) is 5.91 Å². The van der Waals surface area contributed by atoms with Gasteiger partial charge in [-0.3, -0.25) is 4.79 Å². The number of aromatic nitrogens is 1. The molecule has 4 nitrogen and oxygen atoms in total. The van der Waals surface area contributed by atoms with Crippen LogP contribution in [-0.4, -0.2) is 42.0 Å². The maximum Gasteiger partial charge on any atom is 0.255 e. The van der Waals surface area contributed by atoms with Crippen molar-refractivity contribution in [1.82, 2.24) is 9.88 Å². The van der Waals surface area contributed by atoms with Crippen molar-refractivity contribution < 1.29 is 4.79 Å². The summed E-state index contributed by atoms with van der Waals surface area (Å²) in [5.74, 6) is 0.134. The van der Waals surface area contributed by atoms with Crippen molar-refractivity contribution in [3.05, 3.63) is 44.5 Å². The molecule has 2 aromatic rings. The third-order valence-corrected chi connectivity index (χ3v) is 5.46. The quantitative estimate of drug-likeness (QED) is 0.711. The Morgan fingerprint density at radius 3 is 2.57 bits per heavy atom. The fourth-order valence-corrected chi connectivity index (χ4v) is 3.82. The molecule has 1 aliphatic rings. The number of aryl methyl sites for hydroxylation is 1. The lowest BCUT2D eigenvalue weighted by atomic mass is 10.2. The Morgan fingerprint density at radius 1 is 1.24 bits per heavy atom. The normalized spacial score (nSPS) is 15.3. The molecule has 110 valence electrons. The molecule has 6 heteroatoms. The highest BCUT2D eigenvalue weighted by atomic mass is 127. The van der Waals surface area contributed by atoms with E-state index in [9.17, 15) is 4.79 Å². The highest BCUT2D eigenvalue weighted by molar-refractivity contribution is 14.1. The molecule has 0 unspecified atom stereocenters. The van der Waals surface area contributed by atoms with Crippen molar-refractivity contribution in [2.24, 2.45) is 0 Å². The van der Waals surface area contributed by atoms with Gasteiger partial charge in [-0.1, -0.05) is 12.1 Å². The molecule has 1 aromatic heterocycles. The van der Waals surface area contributed by atoms with Crippen LogP contribution in [0.15, 0.2) is 30.5 Å². The molecule has 1 aliphatic heterocycles. The summed E-state index contributed by atoms with van der Waals surface area (Å²) >= 11 is 3.93. The summed E-state index contributed by atoms with van der Waals surface area (Å²) in [5, 5.41) is 1.06. The molecule has 0 saturated carbocycles. The van der Waals surface area contributed by atoms with Crippen molar-refractivity contribution in [1.29, 1.82) is 0 Å². The second-order valence-electron chi connectivity index (χ2n) is 5.01. The first-order valence-electron chi connectivity index (χ1n) is 6.86. The summed E-state index contributed by atoms with van der Waals surface area (Å²) in [4.78, 5) is 22.4. The molecule has 2 heterocycles. The van der Waals surface area contributed by atoms with Gasteiger partial charge in [-0.15, -0.1) is 11.3 Å². The average molecular weight is 413 g/mol. The molecule has 0 bridgehead atoms. The minimum Gasteiger partial charge on any atom is -0.345 e. The van der Waals surface area contributed by atoms with E-state index in [1.165, 1.54) is 4.88 Å². The highest BCUT2D eigenvalue weighted by Crippen LogP contribution is 2.23. The van der Waals surface area contributed by atoms with Crippen LogP contribution in [0.4, 0.5) is 5.13 Å². The van der Waals surface area contributed by atoms with E-state index in [4.69, 9.17) is 0 Å². The number of halogens is 1. The van der Waals surface area contributed by atoms with Gasteiger partial charge < -0.3 is 9.80 Å². The number of piperazine rings is 1. The number of nitrogens with zero attached hydrogens (tertiary/aromatic N) is 3. The summed E-state index contributed by atoms with van der Waals surface area (Å²) in [5.41, 5.74) is 0.802. The van der Waals surface area contributed by atoms with E-state index in [0.29, 0.717) is 0 Å². The summed E-state index contributed by atoms with van der Waals surface area (Å²) in [6, 6.07) is 7.76. The molecule has 1 amide bonds. The van der Waals surface area contributed by atoms with Gasteiger partial charge >= 0.3 is 0 Å². The standard InChI is InChI=1S/C15H16IN3OS/c1-11-10-17-15(21-11)19-8-6-18(7-9-19)14(20)12-4-2-3-5-13(12)16/h2-5,10H,6-9H2,1H3. The lowest BCUT2D eigenvalue weighted by Gasteiger charge is -2.34. The molecule has 0 atom stereocenters. The van der Waals surface area contributed by atoms with Crippen molar-refractivity contribution in [3.63, 3.8) is 0 Å². The maximum absolute atomic E-state index is 12.6. The summed E-state index contributed by atoms with van der Waals surface area (Å²) in [6.07, 6.45) is 1.91. The largest absolute Gasteiger partial charge is 0.345 e. The molecule has 1 aromatic carbocycles. The number of rotatable bonds is 2. The second kappa shape index (κ2) is 6.31. The zero-order valence-corrected chi connectivity index (χ0v) is 14.7. The Labute approximate surface area is 141 Å². The minimum absolute atomic E-state index is 0.134. The molecule has 1 saturated heterocycles. The number of hydrogen-bond donors (Lipinski definition) is 0. The lowest BCUT2D eigenvalue weighted by Crippen LogP contribution is -2.48. The number of carbonyl (C=O) groups is 1. The van der Waals surface area contributed by atoms with Crippen molar-refractivity contribution in [2.75, 3.05) is 31.1 Å². The van der Waals surface area contributed by atoms with Crippen LogP contribution in [0.2, 0.25) is 0 Å². The number of amides is 1. The van der Waals surface area contributed by atoms with Gasteiger partial charge in [0.1, 0.15) is 0 Å². The minimum atomic E-state index is 0.134. The Balaban J connectivity index is 1.66. The van der Waals surface area contributed by atoms with Crippen LogP contribution in [0.3, 0.4) is 0 Å². The number of carbonyl (C=O) groups excluding carboxylic acids is 1. The van der Waals surface area contributed by atoms with E-state index in [1.807, 2.05) is 35.4 Å². The van der Waals surface area contributed by atoms with Gasteiger partial charge in [-0.05, 0) is 41.6 Å². The number of anilines is 1. The van der Waals surface area contributed by atoms with Crippen LogP contribution in [0.1, 0.15) is 15.2 Å². The van der Waals surface area contributed by atoms with Crippen molar-refractivity contribution >= 4 is 45.0 Å². The van der Waals surface area contributed by atoms with Gasteiger partial charge in [0.15, 0.2) is 5.13 Å². The van der Waals surface area contributed by atoms with Crippen LogP contribution in [0, 0.1) is 10.5 Å². The molecule has 0 spiro atoms. The van der Waals surface area contributed by atoms with E-state index in [1.54, 1.807) is 11.3 Å². The number of hydrogen-bond acceptors (Lipinski definition) is 4. The predicted octanol–water partition coefficient (Wildman–Crippen LogP) is 3.02. The Bertz CT molecular complexity index is 650. The molecule has 21 heavy (non-hydrogen) atoms. The third-order valence-electron chi connectivity index (χ3n) is 3.55. The Hall–Kier alpha value is -1.15. The Kier molecular flexibility index (Phi) is 4.44. The number of thiazole rings is 1. The Morgan fingerprint density at radius 2 is 1.95 bits per heavy atom. The predicted molar refractivity (Wildman–Crippen MR) is 94.1 cm³/mol. The first-order chi connectivity index (χ1) is 10.1. The second-order valence-corrected chi connectivity index (χ2v) is 7.39. The van der Waals surface area contributed by atoms with Crippen molar-refractivity contribution in [2.45, 2.75) is 6.92 Å². The van der Waals surface area contributed by atoms with Gasteiger partial charge in [0.05, 0.1) is 5.56 Å². The fraction of sp³-hybridized carbons (Fsp3) is 0.333. The zero-order valence-electron chi connectivity index (χ0n) is 11.8. The van der Waals surface area contributed by atoms with E-state index < -0.39 is 0 Å². The van der Waals surface area contributed by atoms with Crippen LogP contribution < -0.4 is 4.90 Å². The first kappa shape index (κ1) is 14.8. The van der Waals surface area contributed by atoms with Crippen LogP contribution in [0.25, 0.3) is 0 Å². The molecule has 0 radical (unpaired) electrons. The molecule has 0 N–H and O–H groups in total. The molecular weight excluding hydrogens is 397 g/mol. The van der Waals surface area contributed by atoms with Crippen LogP contribution in [0.5, 0.6) is 0 Å². The van der Waals surface area contributed by atoms with Crippen molar-refractivity contribution in [3.8, 4) is 0 Å². The van der Waals surface area contributed by atoms with E-state index in [-0.39, 0.29) is 5.91 Å². The van der Waals surface area contributed by atoms with E-state index in [2.05, 4.69) is 39.4 Å². The smallest absolute Gasteiger partial charge is 0.255 e. The molecule has 3 rings (SSSR count). The summed E-state index contributed by atoms with van der Waals surface area (Å²) in [6.45, 7) is 5.27. The fourth-order valence-electron chi connectivity index (χ4n) is 2.39. The van der Waals surface area contributed by atoms with E-state index in [0.717, 1.165) is 40.4 Å². The van der Waals surface area contributed by atoms with E-state index >= 15 is 0 Å². The first-order valence-corrected chi connectivity index (χ1v) is 8.76. The summed E-state index contributed by atoms with van der Waals surface area (Å²) in [7, 11) is 0. The zero-order chi connectivity index (χ0) is 14.8. The third kappa shape index (κ3) is 3.21. The van der Waals surface area contributed by atoms with Gasteiger partial charge in [-0.25, -0.2) is 4.98 Å². The van der Waals surface area contributed by atoms with Gasteiger partial charge in [-0.2, -0.15) is 0 Å². The lowest BCUT2D eigenvalue weighted by molar-refractivity contribution is 0.0745. The SMILES string of the molecule is Cc1cnc(N2CCN(C(=O)c3ccccc3I)CC2)s1. The summed E-state index contributed by atoms with van der Waals surface area (Å²) < 4.78 is 1.01. The maximum atomic E-state index is 12.6. The topological polar surface area (TPSA) is 36.4 Å². The molecular formula is C15H16IN3OS. The van der Waals surface area contributed by atoms with Crippen LogP contribution in [-0.2, 0) is 0 Å². The van der Waals surface area contributed by atoms with Gasteiger partial charge in [0, 0.05) is 40.8 Å². The van der Waals surface area contributed by atoms with Crippen LogP contribution >= 0.6 is 33.9 Å².